The smallest absolute Gasteiger partial charge is 0.255 e. The third-order valence-electron chi connectivity index (χ3n) is 4.98. The Morgan fingerprint density at radius 1 is 1.03 bits per heavy atom. The van der Waals surface area contributed by atoms with E-state index >= 15 is 0 Å². The van der Waals surface area contributed by atoms with Gasteiger partial charge in [-0.25, -0.2) is 0 Å². The molecule has 0 aliphatic carbocycles. The predicted octanol–water partition coefficient (Wildman–Crippen LogP) is 5.62. The second-order valence-corrected chi connectivity index (χ2v) is 7.34. The lowest BCUT2D eigenvalue weighted by Crippen LogP contribution is -2.12. The molecule has 1 amide bonds. The van der Waals surface area contributed by atoms with Crippen molar-refractivity contribution < 1.29 is 18.8 Å². The van der Waals surface area contributed by atoms with Crippen LogP contribution >= 0.6 is 0 Å². The lowest BCUT2D eigenvalue weighted by Gasteiger charge is -2.11. The zero-order valence-corrected chi connectivity index (χ0v) is 18.1. The van der Waals surface area contributed by atoms with Gasteiger partial charge in [0.2, 0.25) is 0 Å². The number of carbonyl (C=O) groups excluding carboxylic acids is 1. The molecule has 0 unspecified atom stereocenters. The van der Waals surface area contributed by atoms with Gasteiger partial charge in [0.15, 0.2) is 0 Å². The van der Waals surface area contributed by atoms with Crippen molar-refractivity contribution in [2.24, 2.45) is 0 Å². The van der Waals surface area contributed by atoms with Crippen LogP contribution in [-0.2, 0) is 6.61 Å². The first kappa shape index (κ1) is 21.1. The summed E-state index contributed by atoms with van der Waals surface area (Å²) in [6.45, 7) is 6.01. The van der Waals surface area contributed by atoms with Crippen molar-refractivity contribution in [3.05, 3.63) is 95.1 Å². The van der Waals surface area contributed by atoms with E-state index in [0.717, 1.165) is 22.6 Å². The Balaban J connectivity index is 1.36. The van der Waals surface area contributed by atoms with Crippen molar-refractivity contribution >= 4 is 11.6 Å². The van der Waals surface area contributed by atoms with Crippen LogP contribution in [-0.4, -0.2) is 16.0 Å². The number of nitrogens with zero attached hydrogens (tertiary/aromatic N) is 2. The number of benzene rings is 2. The number of ether oxygens (including phenoxy) is 2. The Hall–Kier alpha value is -4.13. The Morgan fingerprint density at radius 3 is 2.50 bits per heavy atom. The molecule has 7 nitrogen and oxygen atoms in total. The maximum atomic E-state index is 12.6. The van der Waals surface area contributed by atoms with E-state index in [2.05, 4.69) is 15.5 Å². The fourth-order valence-electron chi connectivity index (χ4n) is 3.15. The molecule has 0 radical (unpaired) electrons. The third kappa shape index (κ3) is 4.95. The van der Waals surface area contributed by atoms with Crippen LogP contribution in [0.3, 0.4) is 0 Å². The summed E-state index contributed by atoms with van der Waals surface area (Å²) in [4.78, 5) is 16.7. The van der Waals surface area contributed by atoms with Gasteiger partial charge in [0, 0.05) is 17.4 Å². The number of pyridine rings is 1. The van der Waals surface area contributed by atoms with Gasteiger partial charge < -0.3 is 19.3 Å². The van der Waals surface area contributed by atoms with Crippen LogP contribution in [0.1, 0.15) is 32.9 Å². The van der Waals surface area contributed by atoms with Crippen molar-refractivity contribution in [2.75, 3.05) is 5.32 Å². The first-order chi connectivity index (χ1) is 15.5. The van der Waals surface area contributed by atoms with E-state index in [1.54, 1.807) is 42.7 Å². The minimum Gasteiger partial charge on any atom is -0.489 e. The highest BCUT2D eigenvalue weighted by molar-refractivity contribution is 6.04. The van der Waals surface area contributed by atoms with Crippen LogP contribution in [0.25, 0.3) is 0 Å². The quantitative estimate of drug-likeness (QED) is 0.410. The number of anilines is 1. The number of hydrogen-bond donors (Lipinski definition) is 1. The Labute approximate surface area is 186 Å². The van der Waals surface area contributed by atoms with Gasteiger partial charge in [-0.15, -0.1) is 0 Å². The fraction of sp³-hybridized carbons (Fsp3) is 0.160. The summed E-state index contributed by atoms with van der Waals surface area (Å²) in [6.07, 6.45) is 3.34. The summed E-state index contributed by atoms with van der Waals surface area (Å²) in [6, 6.07) is 16.1. The normalized spacial score (nSPS) is 10.6. The molecule has 2 aromatic heterocycles. The maximum absolute atomic E-state index is 12.6. The molecule has 0 aliphatic heterocycles. The molecule has 7 heteroatoms. The average Bonchev–Trinajstić information content (AvgIpc) is 3.12. The lowest BCUT2D eigenvalue weighted by molar-refractivity contribution is 0.102. The van der Waals surface area contributed by atoms with E-state index in [4.69, 9.17) is 14.0 Å². The largest absolute Gasteiger partial charge is 0.489 e. The molecule has 0 bridgehead atoms. The van der Waals surface area contributed by atoms with Gasteiger partial charge in [-0.2, -0.15) is 0 Å². The molecule has 4 aromatic rings. The second kappa shape index (κ2) is 9.34. The number of carbonyl (C=O) groups is 1. The van der Waals surface area contributed by atoms with E-state index < -0.39 is 0 Å². The number of aryl methyl sites for hydroxylation is 3. The molecule has 0 spiro atoms. The molecule has 0 saturated heterocycles. The van der Waals surface area contributed by atoms with Gasteiger partial charge in [0.1, 0.15) is 29.6 Å². The van der Waals surface area contributed by atoms with Crippen LogP contribution in [0, 0.1) is 20.8 Å². The fourth-order valence-corrected chi connectivity index (χ4v) is 3.15. The molecular weight excluding hydrogens is 406 g/mol. The minimum atomic E-state index is -0.206. The van der Waals surface area contributed by atoms with Crippen molar-refractivity contribution in [1.29, 1.82) is 0 Å². The summed E-state index contributed by atoms with van der Waals surface area (Å²) in [5, 5.41) is 6.83. The zero-order chi connectivity index (χ0) is 22.5. The van der Waals surface area contributed by atoms with Gasteiger partial charge in [-0.1, -0.05) is 5.16 Å². The molecule has 0 atom stereocenters. The number of aromatic nitrogens is 2. The van der Waals surface area contributed by atoms with E-state index in [0.29, 0.717) is 35.1 Å². The van der Waals surface area contributed by atoms with Crippen molar-refractivity contribution in [2.45, 2.75) is 27.4 Å². The second-order valence-electron chi connectivity index (χ2n) is 7.34. The molecule has 0 saturated carbocycles. The summed E-state index contributed by atoms with van der Waals surface area (Å²) >= 11 is 0. The van der Waals surface area contributed by atoms with Crippen molar-refractivity contribution in [3.63, 3.8) is 0 Å². The third-order valence-corrected chi connectivity index (χ3v) is 4.98. The Bertz CT molecular complexity index is 1200. The maximum Gasteiger partial charge on any atom is 0.255 e. The molecule has 4 rings (SSSR count). The van der Waals surface area contributed by atoms with Crippen LogP contribution in [0.5, 0.6) is 17.2 Å². The number of nitrogens with one attached hydrogen (secondary N) is 1. The van der Waals surface area contributed by atoms with Gasteiger partial charge in [0.25, 0.3) is 5.91 Å². The molecule has 2 heterocycles. The molecule has 32 heavy (non-hydrogen) atoms. The van der Waals surface area contributed by atoms with Gasteiger partial charge in [-0.05, 0) is 80.9 Å². The molecule has 162 valence electrons. The van der Waals surface area contributed by atoms with E-state index in [1.807, 2.05) is 45.0 Å². The number of hydrogen-bond acceptors (Lipinski definition) is 6. The van der Waals surface area contributed by atoms with Crippen LogP contribution < -0.4 is 14.8 Å². The minimum absolute atomic E-state index is 0.206. The summed E-state index contributed by atoms with van der Waals surface area (Å²) < 4.78 is 16.8. The summed E-state index contributed by atoms with van der Waals surface area (Å²) in [7, 11) is 0. The van der Waals surface area contributed by atoms with E-state index in [1.165, 1.54) is 0 Å². The molecular formula is C25H23N3O4. The highest BCUT2D eigenvalue weighted by atomic mass is 16.5. The Morgan fingerprint density at radius 2 is 1.84 bits per heavy atom. The number of rotatable bonds is 7. The highest BCUT2D eigenvalue weighted by Crippen LogP contribution is 2.27. The topological polar surface area (TPSA) is 86.5 Å². The average molecular weight is 429 g/mol. The first-order valence-electron chi connectivity index (χ1n) is 10.1. The molecule has 2 aromatic carbocycles. The molecule has 0 fully saturated rings. The zero-order valence-electron chi connectivity index (χ0n) is 18.1. The van der Waals surface area contributed by atoms with Crippen LogP contribution in [0.15, 0.2) is 71.5 Å². The number of amides is 1. The van der Waals surface area contributed by atoms with E-state index in [9.17, 15) is 4.79 Å². The SMILES string of the molecule is Cc1cc(NC(=O)c2ccc(OCc3c(C)noc3C)cc2)ccc1Oc1cccnc1. The van der Waals surface area contributed by atoms with Crippen molar-refractivity contribution in [1.82, 2.24) is 10.1 Å². The van der Waals surface area contributed by atoms with Gasteiger partial charge in [0.05, 0.1) is 17.5 Å². The molecule has 1 N–H and O–H groups in total. The summed E-state index contributed by atoms with van der Waals surface area (Å²) in [5.74, 6) is 2.56. The lowest BCUT2D eigenvalue weighted by atomic mass is 10.1. The standard InChI is InChI=1S/C25H23N3O4/c1-16-13-20(8-11-24(16)31-22-5-4-12-26-14-22)27-25(29)19-6-9-21(10-7-19)30-15-23-17(2)28-32-18(23)3/h4-14H,15H2,1-3H3,(H,27,29). The Kier molecular flexibility index (Phi) is 6.17. The first-order valence-corrected chi connectivity index (χ1v) is 10.1. The van der Waals surface area contributed by atoms with Crippen LogP contribution in [0.4, 0.5) is 5.69 Å². The van der Waals surface area contributed by atoms with Crippen LogP contribution in [0.2, 0.25) is 0 Å². The van der Waals surface area contributed by atoms with E-state index in [-0.39, 0.29) is 5.91 Å². The predicted molar refractivity (Wildman–Crippen MR) is 120 cm³/mol. The summed E-state index contributed by atoms with van der Waals surface area (Å²) in [5.41, 5.74) is 3.85. The monoisotopic (exact) mass is 429 g/mol. The van der Waals surface area contributed by atoms with Crippen molar-refractivity contribution in [3.8, 4) is 17.2 Å². The van der Waals surface area contributed by atoms with Gasteiger partial charge >= 0.3 is 0 Å². The molecule has 0 aliphatic rings. The van der Waals surface area contributed by atoms with Gasteiger partial charge in [-0.3, -0.25) is 9.78 Å². The highest BCUT2D eigenvalue weighted by Gasteiger charge is 2.11.